The van der Waals surface area contributed by atoms with E-state index in [2.05, 4.69) is 138 Å². The normalized spacial score (nSPS) is 11.9. The summed E-state index contributed by atoms with van der Waals surface area (Å²) in [4.78, 5) is 2.28. The largest absolute Gasteiger partial charge is 0.456 e. The predicted molar refractivity (Wildman–Crippen MR) is 194 cm³/mol. The molecule has 0 fully saturated rings. The highest BCUT2D eigenvalue weighted by molar-refractivity contribution is 7.25. The molecule has 10 aromatic rings. The van der Waals surface area contributed by atoms with Crippen LogP contribution in [-0.4, -0.2) is 0 Å². The second-order valence-electron chi connectivity index (χ2n) is 11.8. The van der Waals surface area contributed by atoms with Crippen molar-refractivity contribution in [3.05, 3.63) is 152 Å². The number of rotatable bonds is 4. The fourth-order valence-electron chi connectivity index (χ4n) is 6.86. The van der Waals surface area contributed by atoms with Crippen LogP contribution < -0.4 is 4.90 Å². The molecule has 0 aliphatic heterocycles. The molecule has 4 heteroatoms. The minimum atomic E-state index is 0.863. The Balaban J connectivity index is 1.15. The summed E-state index contributed by atoms with van der Waals surface area (Å²) < 4.78 is 15.5. The second-order valence-corrected chi connectivity index (χ2v) is 12.8. The van der Waals surface area contributed by atoms with E-state index < -0.39 is 0 Å². The first kappa shape index (κ1) is 25.5. The van der Waals surface area contributed by atoms with Crippen LogP contribution in [0.2, 0.25) is 0 Å². The molecule has 0 bridgehead atoms. The fourth-order valence-corrected chi connectivity index (χ4v) is 7.98. The number of para-hydroxylation sites is 1. The van der Waals surface area contributed by atoms with Crippen molar-refractivity contribution in [1.29, 1.82) is 0 Å². The van der Waals surface area contributed by atoms with Crippen LogP contribution in [0.4, 0.5) is 17.1 Å². The molecule has 0 unspecified atom stereocenters. The summed E-state index contributed by atoms with van der Waals surface area (Å²) in [6.45, 7) is 0. The highest BCUT2D eigenvalue weighted by Crippen LogP contribution is 2.43. The Morgan fingerprint density at radius 3 is 1.70 bits per heavy atom. The van der Waals surface area contributed by atoms with Crippen molar-refractivity contribution in [3.8, 4) is 11.1 Å². The van der Waals surface area contributed by atoms with Gasteiger partial charge in [-0.15, -0.1) is 11.3 Å². The molecule has 0 spiro atoms. The molecule has 0 N–H and O–H groups in total. The molecule has 3 aromatic heterocycles. The van der Waals surface area contributed by atoms with Crippen molar-refractivity contribution < 1.29 is 8.83 Å². The Morgan fingerprint density at radius 2 is 0.913 bits per heavy atom. The standard InChI is InChI=1S/C42H25NO2S/c1-2-8-26(9-3-1)27-14-16-28(17-15-27)43(29-18-20-32-31-10-4-6-12-37(31)44-38(32)22-29)30-19-21-33-35-25-42-36(24-40(35)45-39(33)23-30)34-11-5-7-13-41(34)46-42/h1-25H. The molecule has 0 radical (unpaired) electrons. The maximum absolute atomic E-state index is 6.59. The maximum Gasteiger partial charge on any atom is 0.137 e. The lowest BCUT2D eigenvalue weighted by molar-refractivity contribution is 0.669. The van der Waals surface area contributed by atoms with E-state index in [-0.39, 0.29) is 0 Å². The van der Waals surface area contributed by atoms with Crippen LogP contribution in [0.1, 0.15) is 0 Å². The van der Waals surface area contributed by atoms with E-state index in [1.165, 1.54) is 31.3 Å². The van der Waals surface area contributed by atoms with Crippen molar-refractivity contribution >= 4 is 92.4 Å². The van der Waals surface area contributed by atoms with Crippen LogP contribution in [0.3, 0.4) is 0 Å². The zero-order valence-corrected chi connectivity index (χ0v) is 25.4. The average molecular weight is 608 g/mol. The lowest BCUT2D eigenvalue weighted by Gasteiger charge is -2.25. The monoisotopic (exact) mass is 607 g/mol. The SMILES string of the molecule is c1ccc(-c2ccc(N(c3ccc4c(c3)oc3ccccc34)c3ccc4c(c3)oc3cc5c(cc34)sc3ccccc35)cc2)cc1. The number of anilines is 3. The molecule has 0 saturated heterocycles. The quantitative estimate of drug-likeness (QED) is 0.199. The Bertz CT molecular complexity index is 2750. The zero-order valence-electron chi connectivity index (χ0n) is 24.6. The second kappa shape index (κ2) is 9.83. The van der Waals surface area contributed by atoms with Crippen molar-refractivity contribution in [2.45, 2.75) is 0 Å². The smallest absolute Gasteiger partial charge is 0.137 e. The van der Waals surface area contributed by atoms with Crippen LogP contribution >= 0.6 is 11.3 Å². The Kier molecular flexibility index (Phi) is 5.45. The van der Waals surface area contributed by atoms with Gasteiger partial charge in [-0.25, -0.2) is 0 Å². The number of furan rings is 2. The number of fused-ring (bicyclic) bond motifs is 9. The fraction of sp³-hybridized carbons (Fsp3) is 0. The van der Waals surface area contributed by atoms with Gasteiger partial charge in [0.2, 0.25) is 0 Å². The summed E-state index contributed by atoms with van der Waals surface area (Å²) in [6.07, 6.45) is 0. The number of benzene rings is 7. The van der Waals surface area contributed by atoms with E-state index in [9.17, 15) is 0 Å². The summed E-state index contributed by atoms with van der Waals surface area (Å²) in [5.41, 5.74) is 8.99. The minimum absolute atomic E-state index is 0.863. The van der Waals surface area contributed by atoms with E-state index in [4.69, 9.17) is 8.83 Å². The lowest BCUT2D eigenvalue weighted by Crippen LogP contribution is -2.09. The maximum atomic E-state index is 6.59. The van der Waals surface area contributed by atoms with Gasteiger partial charge in [0.15, 0.2) is 0 Å². The zero-order chi connectivity index (χ0) is 30.2. The van der Waals surface area contributed by atoms with Gasteiger partial charge in [0.05, 0.1) is 0 Å². The van der Waals surface area contributed by atoms with Gasteiger partial charge in [-0.3, -0.25) is 0 Å². The molecular formula is C42H25NO2S. The Morgan fingerprint density at radius 1 is 0.348 bits per heavy atom. The van der Waals surface area contributed by atoms with Crippen LogP contribution in [0.15, 0.2) is 160 Å². The first-order valence-electron chi connectivity index (χ1n) is 15.4. The van der Waals surface area contributed by atoms with E-state index in [1.807, 2.05) is 29.5 Å². The van der Waals surface area contributed by atoms with Crippen LogP contribution in [-0.2, 0) is 0 Å². The molecule has 7 aromatic carbocycles. The molecule has 0 amide bonds. The molecule has 3 nitrogen and oxygen atoms in total. The van der Waals surface area contributed by atoms with E-state index in [1.54, 1.807) is 0 Å². The van der Waals surface area contributed by atoms with Gasteiger partial charge in [0.25, 0.3) is 0 Å². The lowest BCUT2D eigenvalue weighted by atomic mass is 10.0. The van der Waals surface area contributed by atoms with Gasteiger partial charge in [-0.05, 0) is 71.8 Å². The number of hydrogen-bond acceptors (Lipinski definition) is 4. The number of nitrogens with zero attached hydrogens (tertiary/aromatic N) is 1. The Labute approximate surface area is 268 Å². The first-order valence-corrected chi connectivity index (χ1v) is 16.2. The predicted octanol–water partition coefficient (Wildman–Crippen LogP) is 13.0. The van der Waals surface area contributed by atoms with E-state index >= 15 is 0 Å². The molecule has 0 aliphatic rings. The summed E-state index contributed by atoms with van der Waals surface area (Å²) in [5, 5.41) is 7.01. The van der Waals surface area contributed by atoms with Crippen LogP contribution in [0.25, 0.3) is 75.2 Å². The molecule has 3 heterocycles. The van der Waals surface area contributed by atoms with Crippen LogP contribution in [0.5, 0.6) is 0 Å². The molecule has 216 valence electrons. The van der Waals surface area contributed by atoms with Gasteiger partial charge in [-0.1, -0.05) is 78.9 Å². The molecule has 46 heavy (non-hydrogen) atoms. The van der Waals surface area contributed by atoms with Gasteiger partial charge in [0.1, 0.15) is 22.3 Å². The third-order valence-electron chi connectivity index (χ3n) is 9.07. The summed E-state index contributed by atoms with van der Waals surface area (Å²) in [5.74, 6) is 0. The van der Waals surface area contributed by atoms with Gasteiger partial charge in [0, 0.05) is 70.9 Å². The summed E-state index contributed by atoms with van der Waals surface area (Å²) >= 11 is 1.83. The molecule has 0 atom stereocenters. The number of hydrogen-bond donors (Lipinski definition) is 0. The van der Waals surface area contributed by atoms with Crippen molar-refractivity contribution in [3.63, 3.8) is 0 Å². The van der Waals surface area contributed by atoms with E-state index in [0.717, 1.165) is 60.9 Å². The van der Waals surface area contributed by atoms with Gasteiger partial charge in [-0.2, -0.15) is 0 Å². The van der Waals surface area contributed by atoms with Crippen molar-refractivity contribution in [2.75, 3.05) is 4.90 Å². The Hall–Kier alpha value is -5.84. The highest BCUT2D eigenvalue weighted by atomic mass is 32.1. The minimum Gasteiger partial charge on any atom is -0.456 e. The van der Waals surface area contributed by atoms with E-state index in [0.29, 0.717) is 0 Å². The highest BCUT2D eigenvalue weighted by Gasteiger charge is 2.18. The third-order valence-corrected chi connectivity index (χ3v) is 10.2. The van der Waals surface area contributed by atoms with Crippen molar-refractivity contribution in [1.82, 2.24) is 0 Å². The van der Waals surface area contributed by atoms with Crippen molar-refractivity contribution in [2.24, 2.45) is 0 Å². The molecular weight excluding hydrogens is 583 g/mol. The molecule has 0 aliphatic carbocycles. The van der Waals surface area contributed by atoms with Gasteiger partial charge < -0.3 is 13.7 Å². The average Bonchev–Trinajstić information content (AvgIpc) is 3.78. The summed E-state index contributed by atoms with van der Waals surface area (Å²) in [6, 6.07) is 53.6. The van der Waals surface area contributed by atoms with Crippen LogP contribution in [0, 0.1) is 0 Å². The third kappa shape index (κ3) is 3.91. The molecule has 0 saturated carbocycles. The van der Waals surface area contributed by atoms with Gasteiger partial charge >= 0.3 is 0 Å². The molecule has 10 rings (SSSR count). The number of thiophene rings is 1. The summed E-state index contributed by atoms with van der Waals surface area (Å²) in [7, 11) is 0. The topological polar surface area (TPSA) is 29.5 Å². The first-order chi connectivity index (χ1) is 22.8.